The summed E-state index contributed by atoms with van der Waals surface area (Å²) < 4.78 is 10.8. The molecule has 1 N–H and O–H groups in total. The number of aliphatic carboxylic acids is 1. The number of carboxylic acids is 1. The van der Waals surface area contributed by atoms with Gasteiger partial charge in [-0.3, -0.25) is 4.79 Å². The first-order chi connectivity index (χ1) is 9.47. The number of methoxy groups -OCH3 is 2. The van der Waals surface area contributed by atoms with Crippen molar-refractivity contribution in [1.82, 2.24) is 0 Å². The van der Waals surface area contributed by atoms with Crippen molar-refractivity contribution in [3.63, 3.8) is 0 Å². The summed E-state index contributed by atoms with van der Waals surface area (Å²) in [4.78, 5) is 11.9. The molecule has 0 saturated heterocycles. The average Bonchev–Trinajstić information content (AvgIpc) is 2.35. The molecule has 4 heteroatoms. The first-order valence-corrected chi connectivity index (χ1v) is 6.96. The van der Waals surface area contributed by atoms with E-state index in [1.54, 1.807) is 14.2 Å². The summed E-state index contributed by atoms with van der Waals surface area (Å²) in [7, 11) is 3.14. The fraction of sp³-hybridized carbons (Fsp3) is 0.562. The largest absolute Gasteiger partial charge is 0.493 e. The number of hydrogen-bond donors (Lipinski definition) is 1. The van der Waals surface area contributed by atoms with Gasteiger partial charge in [-0.05, 0) is 30.4 Å². The summed E-state index contributed by atoms with van der Waals surface area (Å²) in [5.74, 6) is 0.638. The Kier molecular flexibility index (Phi) is 3.93. The number of carbonyl (C=O) groups is 1. The number of hydrogen-bond acceptors (Lipinski definition) is 3. The third kappa shape index (κ3) is 2.03. The van der Waals surface area contributed by atoms with Crippen molar-refractivity contribution < 1.29 is 19.4 Å². The molecule has 1 aliphatic rings. The van der Waals surface area contributed by atoms with E-state index in [2.05, 4.69) is 13.8 Å². The van der Waals surface area contributed by atoms with E-state index in [1.807, 2.05) is 12.1 Å². The van der Waals surface area contributed by atoms with E-state index < -0.39 is 11.4 Å². The van der Waals surface area contributed by atoms with E-state index in [-0.39, 0.29) is 5.92 Å². The van der Waals surface area contributed by atoms with Gasteiger partial charge >= 0.3 is 5.97 Å². The Labute approximate surface area is 119 Å². The fourth-order valence-electron chi connectivity index (χ4n) is 3.02. The van der Waals surface area contributed by atoms with E-state index in [9.17, 15) is 9.90 Å². The van der Waals surface area contributed by atoms with Gasteiger partial charge in [0.1, 0.15) is 0 Å². The van der Waals surface area contributed by atoms with E-state index in [1.165, 1.54) is 0 Å². The molecule has 0 aromatic heterocycles. The Hall–Kier alpha value is -1.71. The minimum absolute atomic E-state index is 0.238. The van der Waals surface area contributed by atoms with Crippen molar-refractivity contribution in [2.75, 3.05) is 14.2 Å². The highest BCUT2D eigenvalue weighted by molar-refractivity contribution is 5.85. The summed E-state index contributed by atoms with van der Waals surface area (Å²) in [5.41, 5.74) is 1.01. The third-order valence-electron chi connectivity index (χ3n) is 4.29. The zero-order valence-corrected chi connectivity index (χ0v) is 12.5. The van der Waals surface area contributed by atoms with Gasteiger partial charge in [-0.2, -0.15) is 0 Å². The lowest BCUT2D eigenvalue weighted by Gasteiger charge is -2.41. The molecule has 1 fully saturated rings. The minimum atomic E-state index is -0.820. The Morgan fingerprint density at radius 2 is 1.90 bits per heavy atom. The first kappa shape index (κ1) is 14.7. The fourth-order valence-corrected chi connectivity index (χ4v) is 3.02. The molecule has 0 heterocycles. The van der Waals surface area contributed by atoms with E-state index in [0.717, 1.165) is 17.5 Å². The molecule has 1 aromatic rings. The molecule has 20 heavy (non-hydrogen) atoms. The molecule has 1 aliphatic carbocycles. The lowest BCUT2D eigenvalue weighted by Crippen LogP contribution is -2.43. The van der Waals surface area contributed by atoms with Crippen molar-refractivity contribution in [2.45, 2.75) is 44.4 Å². The molecule has 4 nitrogen and oxygen atoms in total. The van der Waals surface area contributed by atoms with Crippen LogP contribution in [0.1, 0.15) is 50.2 Å². The molecular weight excluding hydrogens is 256 g/mol. The highest BCUT2D eigenvalue weighted by atomic mass is 16.5. The third-order valence-corrected chi connectivity index (χ3v) is 4.29. The van der Waals surface area contributed by atoms with Crippen LogP contribution >= 0.6 is 0 Å². The van der Waals surface area contributed by atoms with Crippen molar-refractivity contribution in [3.05, 3.63) is 23.3 Å². The smallest absolute Gasteiger partial charge is 0.314 e. The Bertz CT molecular complexity index is 515. The van der Waals surface area contributed by atoms with Crippen LogP contribution in [0.5, 0.6) is 11.5 Å². The van der Waals surface area contributed by atoms with Crippen LogP contribution in [0, 0.1) is 0 Å². The standard InChI is InChI=1S/C16H22O4/c1-10(2)11-6-7-12(19-3)14(20-4)13(11)16(15(17)18)8-5-9-16/h6-7,10H,5,8-9H2,1-4H3,(H,17,18). The van der Waals surface area contributed by atoms with Gasteiger partial charge in [-0.1, -0.05) is 26.3 Å². The van der Waals surface area contributed by atoms with Crippen LogP contribution in [0.3, 0.4) is 0 Å². The predicted molar refractivity (Wildman–Crippen MR) is 76.8 cm³/mol. The summed E-state index contributed by atoms with van der Waals surface area (Å²) in [6.07, 6.45) is 2.25. The van der Waals surface area contributed by atoms with Gasteiger partial charge in [0.25, 0.3) is 0 Å². The molecule has 110 valence electrons. The van der Waals surface area contributed by atoms with Crippen LogP contribution in [-0.2, 0) is 10.2 Å². The quantitative estimate of drug-likeness (QED) is 0.897. The Morgan fingerprint density at radius 1 is 1.25 bits per heavy atom. The molecule has 0 atom stereocenters. The van der Waals surface area contributed by atoms with E-state index >= 15 is 0 Å². The van der Waals surface area contributed by atoms with Crippen molar-refractivity contribution >= 4 is 5.97 Å². The number of benzene rings is 1. The zero-order valence-electron chi connectivity index (χ0n) is 12.5. The second kappa shape index (κ2) is 5.35. The predicted octanol–water partition coefficient (Wildman–Crippen LogP) is 3.33. The zero-order chi connectivity index (χ0) is 14.9. The molecule has 1 aromatic carbocycles. The molecule has 0 amide bonds. The number of ether oxygens (including phenoxy) is 2. The van der Waals surface area contributed by atoms with Gasteiger partial charge in [0.05, 0.1) is 19.6 Å². The number of rotatable bonds is 5. The normalized spacial score (nSPS) is 16.6. The summed E-state index contributed by atoms with van der Waals surface area (Å²) in [5, 5.41) is 9.73. The van der Waals surface area contributed by atoms with Crippen LogP contribution in [-0.4, -0.2) is 25.3 Å². The second-order valence-corrected chi connectivity index (χ2v) is 5.66. The SMILES string of the molecule is COc1ccc(C(C)C)c(C2(C(=O)O)CCC2)c1OC. The highest BCUT2D eigenvalue weighted by Crippen LogP contribution is 2.52. The molecule has 0 unspecified atom stereocenters. The van der Waals surface area contributed by atoms with E-state index in [0.29, 0.717) is 24.3 Å². The van der Waals surface area contributed by atoms with Gasteiger partial charge in [-0.25, -0.2) is 0 Å². The van der Waals surface area contributed by atoms with Crippen LogP contribution in [0.15, 0.2) is 12.1 Å². The van der Waals surface area contributed by atoms with E-state index in [4.69, 9.17) is 9.47 Å². The van der Waals surface area contributed by atoms with Gasteiger partial charge < -0.3 is 14.6 Å². The van der Waals surface area contributed by atoms with Gasteiger partial charge in [0.2, 0.25) is 0 Å². The summed E-state index contributed by atoms with van der Waals surface area (Å²) in [6, 6.07) is 3.82. The molecule has 0 bridgehead atoms. The topological polar surface area (TPSA) is 55.8 Å². The van der Waals surface area contributed by atoms with Crippen molar-refractivity contribution in [2.24, 2.45) is 0 Å². The van der Waals surface area contributed by atoms with Gasteiger partial charge in [0.15, 0.2) is 11.5 Å². The summed E-state index contributed by atoms with van der Waals surface area (Å²) in [6.45, 7) is 4.14. The Balaban J connectivity index is 2.73. The highest BCUT2D eigenvalue weighted by Gasteiger charge is 2.49. The average molecular weight is 278 g/mol. The maximum Gasteiger partial charge on any atom is 0.314 e. The molecule has 0 aliphatic heterocycles. The van der Waals surface area contributed by atoms with Crippen LogP contribution in [0.25, 0.3) is 0 Å². The Morgan fingerprint density at radius 3 is 2.25 bits per heavy atom. The minimum Gasteiger partial charge on any atom is -0.493 e. The molecule has 0 radical (unpaired) electrons. The number of carboxylic acid groups (broad SMARTS) is 1. The van der Waals surface area contributed by atoms with Crippen LogP contribution in [0.4, 0.5) is 0 Å². The lowest BCUT2D eigenvalue weighted by atomic mass is 9.62. The van der Waals surface area contributed by atoms with Gasteiger partial charge in [0, 0.05) is 5.56 Å². The lowest BCUT2D eigenvalue weighted by molar-refractivity contribution is -0.147. The molecule has 0 spiro atoms. The van der Waals surface area contributed by atoms with Crippen LogP contribution in [0.2, 0.25) is 0 Å². The first-order valence-electron chi connectivity index (χ1n) is 6.96. The maximum atomic E-state index is 11.9. The van der Waals surface area contributed by atoms with Crippen molar-refractivity contribution in [1.29, 1.82) is 0 Å². The van der Waals surface area contributed by atoms with Crippen LogP contribution < -0.4 is 9.47 Å². The molecular formula is C16H22O4. The summed E-state index contributed by atoms with van der Waals surface area (Å²) >= 11 is 0. The molecule has 2 rings (SSSR count). The maximum absolute atomic E-state index is 11.9. The second-order valence-electron chi connectivity index (χ2n) is 5.66. The molecule has 1 saturated carbocycles. The van der Waals surface area contributed by atoms with Crippen molar-refractivity contribution in [3.8, 4) is 11.5 Å². The van der Waals surface area contributed by atoms with Gasteiger partial charge in [-0.15, -0.1) is 0 Å². The monoisotopic (exact) mass is 278 g/mol.